The lowest BCUT2D eigenvalue weighted by atomic mass is 9.94. The average molecular weight is 503 g/mol. The summed E-state index contributed by atoms with van der Waals surface area (Å²) >= 11 is 12.3. The topological polar surface area (TPSA) is 65.0 Å². The van der Waals surface area contributed by atoms with Crippen LogP contribution < -0.4 is 5.32 Å². The van der Waals surface area contributed by atoms with E-state index in [0.717, 1.165) is 44.6 Å². The van der Waals surface area contributed by atoms with E-state index >= 15 is 0 Å². The van der Waals surface area contributed by atoms with Gasteiger partial charge in [-0.2, -0.15) is 0 Å². The summed E-state index contributed by atoms with van der Waals surface area (Å²) in [5.41, 5.74) is 0.957. The molecule has 2 aliphatic rings. The van der Waals surface area contributed by atoms with Crippen molar-refractivity contribution in [2.75, 3.05) is 59.0 Å². The van der Waals surface area contributed by atoms with Gasteiger partial charge in [-0.25, -0.2) is 0 Å². The zero-order chi connectivity index (χ0) is 19.9. The van der Waals surface area contributed by atoms with E-state index in [4.69, 9.17) is 27.9 Å². The molecule has 2 saturated heterocycles. The predicted octanol–water partition coefficient (Wildman–Crippen LogP) is 3.03. The Hall–Kier alpha value is -0.310. The molecular weight excluding hydrogens is 472 g/mol. The molecule has 30 heavy (non-hydrogen) atoms. The minimum Gasteiger partial charge on any atom is -0.395 e. The number of carbonyl (C=O) groups is 1. The molecule has 172 valence electrons. The van der Waals surface area contributed by atoms with Gasteiger partial charge in [0, 0.05) is 32.1 Å². The predicted molar refractivity (Wildman–Crippen MR) is 125 cm³/mol. The largest absolute Gasteiger partial charge is 0.395 e. The molecule has 0 spiro atoms. The number of nitrogens with zero attached hydrogens (tertiary/aromatic N) is 2. The maximum absolute atomic E-state index is 12.9. The number of halogens is 4. The first-order valence-corrected chi connectivity index (χ1v) is 10.7. The Bertz CT molecular complexity index is 662. The van der Waals surface area contributed by atoms with E-state index in [9.17, 15) is 9.90 Å². The van der Waals surface area contributed by atoms with Crippen LogP contribution >= 0.6 is 48.0 Å². The highest BCUT2D eigenvalue weighted by atomic mass is 35.5. The maximum Gasteiger partial charge on any atom is 0.236 e. The average Bonchev–Trinajstić information content (AvgIpc) is 3.08. The van der Waals surface area contributed by atoms with Crippen molar-refractivity contribution in [3.63, 3.8) is 0 Å². The number of aliphatic hydroxyl groups is 1. The minimum atomic E-state index is -0.189. The van der Waals surface area contributed by atoms with E-state index in [1.54, 1.807) is 11.0 Å². The number of carbonyl (C=O) groups excluding carboxylic acids is 1. The van der Waals surface area contributed by atoms with Crippen molar-refractivity contribution in [1.82, 2.24) is 15.1 Å². The Labute approximate surface area is 201 Å². The number of aliphatic hydroxyl groups excluding tert-OH is 1. The quantitative estimate of drug-likeness (QED) is 0.599. The van der Waals surface area contributed by atoms with Crippen LogP contribution in [-0.4, -0.2) is 79.8 Å². The molecule has 3 rings (SSSR count). The molecule has 0 aromatic heterocycles. The van der Waals surface area contributed by atoms with Gasteiger partial charge < -0.3 is 20.1 Å². The molecular formula is C20H31Cl4N3O3. The lowest BCUT2D eigenvalue weighted by Crippen LogP contribution is -2.45. The van der Waals surface area contributed by atoms with Gasteiger partial charge in [0.05, 0.1) is 35.9 Å². The van der Waals surface area contributed by atoms with E-state index in [-0.39, 0.29) is 49.4 Å². The summed E-state index contributed by atoms with van der Waals surface area (Å²) in [6, 6.07) is 5.55. The molecule has 0 saturated carbocycles. The fourth-order valence-corrected chi connectivity index (χ4v) is 4.27. The Morgan fingerprint density at radius 2 is 1.97 bits per heavy atom. The molecule has 0 aliphatic carbocycles. The lowest BCUT2D eigenvalue weighted by Gasteiger charge is -2.32. The van der Waals surface area contributed by atoms with E-state index in [0.29, 0.717) is 36.3 Å². The fraction of sp³-hybridized carbons (Fsp3) is 0.650. The van der Waals surface area contributed by atoms with E-state index in [1.807, 2.05) is 12.1 Å². The van der Waals surface area contributed by atoms with Crippen LogP contribution in [0.1, 0.15) is 24.5 Å². The smallest absolute Gasteiger partial charge is 0.236 e. The Morgan fingerprint density at radius 1 is 1.23 bits per heavy atom. The molecule has 2 fully saturated rings. The Kier molecular flexibility index (Phi) is 12.9. The van der Waals surface area contributed by atoms with Gasteiger partial charge in [0.2, 0.25) is 5.91 Å². The molecule has 0 radical (unpaired) electrons. The molecule has 1 amide bonds. The van der Waals surface area contributed by atoms with Crippen molar-refractivity contribution in [2.24, 2.45) is 5.92 Å². The normalized spacial score (nSPS) is 22.0. The third kappa shape index (κ3) is 7.68. The van der Waals surface area contributed by atoms with Crippen LogP contribution in [0.2, 0.25) is 10.0 Å². The molecule has 1 aromatic carbocycles. The number of amides is 1. The van der Waals surface area contributed by atoms with E-state index in [1.165, 1.54) is 0 Å². The summed E-state index contributed by atoms with van der Waals surface area (Å²) in [6.07, 6.45) is 2.10. The summed E-state index contributed by atoms with van der Waals surface area (Å²) in [5.74, 6) is 0.113. The Morgan fingerprint density at radius 3 is 2.63 bits per heavy atom. The highest BCUT2D eigenvalue weighted by Crippen LogP contribution is 2.32. The second-order valence-corrected chi connectivity index (χ2v) is 8.29. The third-order valence-electron chi connectivity index (χ3n) is 5.42. The van der Waals surface area contributed by atoms with Gasteiger partial charge in [-0.05, 0) is 43.6 Å². The molecule has 2 heterocycles. The first-order valence-electron chi connectivity index (χ1n) is 9.96. The minimum absolute atomic E-state index is 0. The van der Waals surface area contributed by atoms with Gasteiger partial charge in [0.25, 0.3) is 0 Å². The number of rotatable bonds is 7. The van der Waals surface area contributed by atoms with E-state index in [2.05, 4.69) is 10.2 Å². The second kappa shape index (κ2) is 14.0. The summed E-state index contributed by atoms with van der Waals surface area (Å²) in [6.45, 7) is 5.23. The van der Waals surface area contributed by atoms with Gasteiger partial charge in [-0.3, -0.25) is 9.69 Å². The third-order valence-corrected chi connectivity index (χ3v) is 6.16. The number of hydrogen-bond acceptors (Lipinski definition) is 5. The molecule has 10 heteroatoms. The second-order valence-electron chi connectivity index (χ2n) is 7.48. The first kappa shape index (κ1) is 27.7. The van der Waals surface area contributed by atoms with Gasteiger partial charge in [0.1, 0.15) is 0 Å². The maximum atomic E-state index is 12.9. The van der Waals surface area contributed by atoms with Crippen LogP contribution in [0.15, 0.2) is 18.2 Å². The molecule has 0 unspecified atom stereocenters. The lowest BCUT2D eigenvalue weighted by molar-refractivity contribution is -0.134. The number of hydrogen-bond donors (Lipinski definition) is 2. The number of likely N-dealkylation sites (tertiary alicyclic amines) is 1. The van der Waals surface area contributed by atoms with Crippen molar-refractivity contribution >= 4 is 53.9 Å². The van der Waals surface area contributed by atoms with E-state index < -0.39 is 0 Å². The monoisotopic (exact) mass is 501 g/mol. The van der Waals surface area contributed by atoms with Crippen LogP contribution in [0.25, 0.3) is 0 Å². The molecule has 6 nitrogen and oxygen atoms in total. The van der Waals surface area contributed by atoms with Crippen molar-refractivity contribution in [3.05, 3.63) is 33.8 Å². The summed E-state index contributed by atoms with van der Waals surface area (Å²) in [7, 11) is 0. The zero-order valence-corrected chi connectivity index (χ0v) is 20.0. The van der Waals surface area contributed by atoms with Gasteiger partial charge in [0.15, 0.2) is 0 Å². The van der Waals surface area contributed by atoms with Crippen LogP contribution in [0.4, 0.5) is 0 Å². The van der Waals surface area contributed by atoms with Gasteiger partial charge in [-0.1, -0.05) is 29.3 Å². The number of ether oxygens (including phenoxy) is 1. The molecule has 2 N–H and O–H groups in total. The highest BCUT2D eigenvalue weighted by Gasteiger charge is 2.30. The van der Waals surface area contributed by atoms with Crippen molar-refractivity contribution in [2.45, 2.75) is 18.9 Å². The van der Waals surface area contributed by atoms with Crippen LogP contribution in [0.3, 0.4) is 0 Å². The Balaban J connectivity index is 0.00000225. The van der Waals surface area contributed by atoms with Crippen molar-refractivity contribution < 1.29 is 14.6 Å². The molecule has 1 aromatic rings. The summed E-state index contributed by atoms with van der Waals surface area (Å²) in [5, 5.41) is 13.9. The van der Waals surface area contributed by atoms with Crippen molar-refractivity contribution in [3.8, 4) is 0 Å². The summed E-state index contributed by atoms with van der Waals surface area (Å²) in [4.78, 5) is 16.8. The van der Waals surface area contributed by atoms with Crippen molar-refractivity contribution in [1.29, 1.82) is 0 Å². The molecule has 0 bridgehead atoms. The van der Waals surface area contributed by atoms with Crippen LogP contribution in [0.5, 0.6) is 0 Å². The molecule has 2 atom stereocenters. The zero-order valence-electron chi connectivity index (χ0n) is 16.9. The van der Waals surface area contributed by atoms with Crippen LogP contribution in [0, 0.1) is 5.92 Å². The summed E-state index contributed by atoms with van der Waals surface area (Å²) < 4.78 is 6.11. The van der Waals surface area contributed by atoms with Crippen LogP contribution in [-0.2, 0) is 9.53 Å². The fourth-order valence-electron chi connectivity index (χ4n) is 3.96. The highest BCUT2D eigenvalue weighted by molar-refractivity contribution is 6.42. The number of benzene rings is 1. The standard InChI is InChI=1S/C20H29Cl2N3O3.2ClH/c21-17-4-3-15(11-18(17)22)20-16(12-23-5-10-28-20)13-25(8-9-26)19(27)14-24-6-1-2-7-24;;/h3-4,11,16,20,23,26H,1-2,5-10,12-14H2;2*1H/t16-,20-;;/m0../s1. The first-order chi connectivity index (χ1) is 13.6. The van der Waals surface area contributed by atoms with Gasteiger partial charge in [-0.15, -0.1) is 24.8 Å². The molecule has 2 aliphatic heterocycles. The SMILES string of the molecule is Cl.Cl.O=C(CN1CCCC1)N(CCO)C[C@@H]1CNCCO[C@H]1c1ccc(Cl)c(Cl)c1. The number of nitrogens with one attached hydrogen (secondary N) is 1. The van der Waals surface area contributed by atoms with Gasteiger partial charge >= 0.3 is 0 Å².